The first-order chi connectivity index (χ1) is 12.3. The molecule has 138 valence electrons. The number of aromatic nitrogens is 3. The van der Waals surface area contributed by atoms with Crippen molar-refractivity contribution in [2.75, 3.05) is 6.61 Å². The lowest BCUT2D eigenvalue weighted by Gasteiger charge is -2.15. The largest absolute Gasteiger partial charge is 0.361 e. The van der Waals surface area contributed by atoms with Crippen LogP contribution in [0.4, 0.5) is 5.82 Å². The van der Waals surface area contributed by atoms with Gasteiger partial charge in [-0.05, 0) is 36.7 Å². The number of para-hydroxylation sites is 1. The van der Waals surface area contributed by atoms with Gasteiger partial charge in [0.1, 0.15) is 6.73 Å². The van der Waals surface area contributed by atoms with E-state index in [4.69, 9.17) is 21.3 Å². The molecular formula is C18H23ClN4OSSi. The van der Waals surface area contributed by atoms with Gasteiger partial charge in [0.05, 0.1) is 10.2 Å². The zero-order valence-corrected chi connectivity index (χ0v) is 18.1. The van der Waals surface area contributed by atoms with Crippen LogP contribution in [0.3, 0.4) is 0 Å². The Morgan fingerprint density at radius 3 is 2.73 bits per heavy atom. The van der Waals surface area contributed by atoms with E-state index < -0.39 is 8.07 Å². The van der Waals surface area contributed by atoms with E-state index in [0.717, 1.165) is 28.5 Å². The van der Waals surface area contributed by atoms with E-state index in [-0.39, 0.29) is 0 Å². The Morgan fingerprint density at radius 1 is 1.23 bits per heavy atom. The van der Waals surface area contributed by atoms with Crippen molar-refractivity contribution in [3.05, 3.63) is 45.8 Å². The summed E-state index contributed by atoms with van der Waals surface area (Å²) in [5.41, 5.74) is 2.01. The minimum atomic E-state index is -1.11. The Hall–Kier alpha value is -1.54. The highest BCUT2D eigenvalue weighted by Gasteiger charge is 2.13. The Labute approximate surface area is 163 Å². The summed E-state index contributed by atoms with van der Waals surface area (Å²) in [4.78, 5) is 5.57. The Balaban J connectivity index is 1.95. The van der Waals surface area contributed by atoms with Crippen LogP contribution in [-0.4, -0.2) is 29.4 Å². The molecule has 3 rings (SSSR count). The highest BCUT2D eigenvalue weighted by Crippen LogP contribution is 2.20. The molecule has 0 amide bonds. The van der Waals surface area contributed by atoms with Gasteiger partial charge in [-0.25, -0.2) is 0 Å². The number of benzene rings is 1. The molecule has 0 aliphatic carbocycles. The minimum Gasteiger partial charge on any atom is -0.361 e. The lowest BCUT2D eigenvalue weighted by molar-refractivity contribution is 0.0884. The quantitative estimate of drug-likeness (QED) is 0.427. The van der Waals surface area contributed by atoms with E-state index in [1.165, 1.54) is 4.70 Å². The van der Waals surface area contributed by atoms with E-state index in [1.54, 1.807) is 17.4 Å². The van der Waals surface area contributed by atoms with Gasteiger partial charge < -0.3 is 4.74 Å². The van der Waals surface area contributed by atoms with Gasteiger partial charge in [-0.3, -0.25) is 4.57 Å². The SMILES string of the molecule is Cc1cc(Cl)nnc1/N=c1\sc2ccccc2n1COCC[Si](C)(C)C. The standard InChI is InChI=1S/C18H23ClN4OSSi/c1-13-11-16(19)21-22-17(13)20-18-23(12-24-9-10-26(2,3)4)14-7-5-6-8-15(14)25-18/h5-8,11H,9-10,12H2,1-4H3/b20-18-. The molecule has 0 bridgehead atoms. The molecule has 26 heavy (non-hydrogen) atoms. The maximum Gasteiger partial charge on any atom is 0.194 e. The summed E-state index contributed by atoms with van der Waals surface area (Å²) in [5, 5.41) is 8.41. The summed E-state index contributed by atoms with van der Waals surface area (Å²) in [7, 11) is -1.11. The number of rotatable bonds is 6. The fraction of sp³-hybridized carbons (Fsp3) is 0.389. The molecule has 0 aliphatic heterocycles. The van der Waals surface area contributed by atoms with Crippen molar-refractivity contribution in [3.63, 3.8) is 0 Å². The molecule has 5 nitrogen and oxygen atoms in total. The van der Waals surface area contributed by atoms with E-state index in [0.29, 0.717) is 17.7 Å². The zero-order chi connectivity index (χ0) is 18.7. The van der Waals surface area contributed by atoms with Crippen LogP contribution in [0.1, 0.15) is 5.56 Å². The molecule has 0 saturated heterocycles. The number of ether oxygens (including phenoxy) is 1. The number of thiazole rings is 1. The summed E-state index contributed by atoms with van der Waals surface area (Å²) in [5.74, 6) is 0.580. The molecule has 0 atom stereocenters. The number of nitrogens with zero attached hydrogens (tertiary/aromatic N) is 4. The van der Waals surface area contributed by atoms with Gasteiger partial charge in [0.15, 0.2) is 15.8 Å². The molecule has 0 N–H and O–H groups in total. The van der Waals surface area contributed by atoms with Crippen LogP contribution in [0, 0.1) is 6.92 Å². The van der Waals surface area contributed by atoms with Crippen molar-refractivity contribution < 1.29 is 4.74 Å². The molecule has 0 aliphatic rings. The minimum absolute atomic E-state index is 0.375. The van der Waals surface area contributed by atoms with Crippen LogP contribution in [-0.2, 0) is 11.5 Å². The van der Waals surface area contributed by atoms with Crippen molar-refractivity contribution in [2.45, 2.75) is 39.3 Å². The topological polar surface area (TPSA) is 52.3 Å². The van der Waals surface area contributed by atoms with Crippen molar-refractivity contribution in [3.8, 4) is 0 Å². The summed E-state index contributed by atoms with van der Waals surface area (Å²) in [6, 6.07) is 11.2. The highest BCUT2D eigenvalue weighted by molar-refractivity contribution is 7.16. The predicted octanol–water partition coefficient (Wildman–Crippen LogP) is 5.00. The zero-order valence-electron chi connectivity index (χ0n) is 15.5. The molecular weight excluding hydrogens is 384 g/mol. The second-order valence-electron chi connectivity index (χ2n) is 7.41. The van der Waals surface area contributed by atoms with Gasteiger partial charge in [0.2, 0.25) is 0 Å². The summed E-state index contributed by atoms with van der Waals surface area (Å²) in [6.45, 7) is 10.2. The van der Waals surface area contributed by atoms with Gasteiger partial charge in [-0.2, -0.15) is 4.99 Å². The maximum atomic E-state index is 5.98. The number of halogens is 1. The van der Waals surface area contributed by atoms with Crippen molar-refractivity contribution >= 4 is 47.0 Å². The number of aryl methyl sites for hydroxylation is 1. The van der Waals surface area contributed by atoms with Gasteiger partial charge in [0.25, 0.3) is 0 Å². The first kappa shape index (κ1) is 19.2. The third-order valence-electron chi connectivity index (χ3n) is 3.94. The number of hydrogen-bond acceptors (Lipinski definition) is 5. The molecule has 8 heteroatoms. The van der Waals surface area contributed by atoms with E-state index in [2.05, 4.69) is 46.5 Å². The predicted molar refractivity (Wildman–Crippen MR) is 111 cm³/mol. The number of hydrogen-bond donors (Lipinski definition) is 0. The monoisotopic (exact) mass is 406 g/mol. The fourth-order valence-corrected chi connectivity index (χ4v) is 4.39. The fourth-order valence-electron chi connectivity index (χ4n) is 2.41. The normalized spacial score (nSPS) is 12.9. The Kier molecular flexibility index (Phi) is 5.91. The maximum absolute atomic E-state index is 5.98. The molecule has 0 spiro atoms. The van der Waals surface area contributed by atoms with E-state index in [1.807, 2.05) is 19.1 Å². The van der Waals surface area contributed by atoms with Crippen LogP contribution >= 0.6 is 22.9 Å². The second-order valence-corrected chi connectivity index (χ2v) is 14.4. The molecule has 0 saturated carbocycles. The van der Waals surface area contributed by atoms with E-state index >= 15 is 0 Å². The molecule has 0 unspecified atom stereocenters. The molecule has 0 fully saturated rings. The van der Waals surface area contributed by atoms with Gasteiger partial charge >= 0.3 is 0 Å². The summed E-state index contributed by atoms with van der Waals surface area (Å²) in [6.07, 6.45) is 0. The van der Waals surface area contributed by atoms with Crippen molar-refractivity contribution in [2.24, 2.45) is 4.99 Å². The lowest BCUT2D eigenvalue weighted by Crippen LogP contribution is -2.23. The molecule has 2 heterocycles. The molecule has 2 aromatic heterocycles. The van der Waals surface area contributed by atoms with Crippen LogP contribution in [0.25, 0.3) is 10.2 Å². The highest BCUT2D eigenvalue weighted by atomic mass is 35.5. The number of fused-ring (bicyclic) bond motifs is 1. The van der Waals surface area contributed by atoms with Gasteiger partial charge in [0, 0.05) is 14.7 Å². The van der Waals surface area contributed by atoms with Crippen molar-refractivity contribution in [1.82, 2.24) is 14.8 Å². The van der Waals surface area contributed by atoms with Crippen LogP contribution in [0.5, 0.6) is 0 Å². The summed E-state index contributed by atoms with van der Waals surface area (Å²) >= 11 is 7.52. The average molecular weight is 407 g/mol. The third-order valence-corrected chi connectivity index (χ3v) is 6.88. The average Bonchev–Trinajstić information content (AvgIpc) is 2.91. The van der Waals surface area contributed by atoms with Crippen LogP contribution < -0.4 is 4.80 Å². The molecule has 3 aromatic rings. The Morgan fingerprint density at radius 2 is 2.00 bits per heavy atom. The van der Waals surface area contributed by atoms with Crippen molar-refractivity contribution in [1.29, 1.82) is 0 Å². The smallest absolute Gasteiger partial charge is 0.194 e. The lowest BCUT2D eigenvalue weighted by atomic mass is 10.3. The van der Waals surface area contributed by atoms with Gasteiger partial charge in [-0.1, -0.05) is 54.7 Å². The third kappa shape index (κ3) is 4.79. The first-order valence-corrected chi connectivity index (χ1v) is 13.4. The van der Waals surface area contributed by atoms with Gasteiger partial charge in [-0.15, -0.1) is 10.2 Å². The summed E-state index contributed by atoms with van der Waals surface area (Å²) < 4.78 is 9.24. The Bertz CT molecular complexity index is 977. The molecule has 1 aromatic carbocycles. The van der Waals surface area contributed by atoms with E-state index in [9.17, 15) is 0 Å². The first-order valence-electron chi connectivity index (χ1n) is 8.54. The second kappa shape index (κ2) is 8.00. The van der Waals surface area contributed by atoms with Crippen LogP contribution in [0.15, 0.2) is 35.3 Å². The molecule has 0 radical (unpaired) electrons. The van der Waals surface area contributed by atoms with Crippen LogP contribution in [0.2, 0.25) is 30.8 Å².